The molecular weight excluding hydrogens is 574 g/mol. The lowest BCUT2D eigenvalue weighted by Gasteiger charge is -2.16. The van der Waals surface area contributed by atoms with E-state index >= 15 is 0 Å². The maximum absolute atomic E-state index is 10.6. The van der Waals surface area contributed by atoms with Crippen LogP contribution < -0.4 is 0 Å². The minimum absolute atomic E-state index is 0.604. The molecule has 0 aliphatic carbocycles. The first-order valence-electron chi connectivity index (χ1n) is 15.8. The summed E-state index contributed by atoms with van der Waals surface area (Å²) in [5.41, 5.74) is 10.6. The molecule has 10 rings (SSSR count). The summed E-state index contributed by atoms with van der Waals surface area (Å²) in [6, 6.07) is 55.3. The first kappa shape index (κ1) is 25.7. The zero-order valence-electron chi connectivity index (χ0n) is 25.2. The first-order chi connectivity index (χ1) is 23.3. The third kappa shape index (κ3) is 3.63. The highest BCUT2D eigenvalue weighted by molar-refractivity contribution is 6.17. The fourth-order valence-corrected chi connectivity index (χ4v) is 7.53. The average Bonchev–Trinajstić information content (AvgIpc) is 3.77. The van der Waals surface area contributed by atoms with Crippen LogP contribution in [0.5, 0.6) is 0 Å². The van der Waals surface area contributed by atoms with Crippen LogP contribution in [0.1, 0.15) is 5.56 Å². The Morgan fingerprint density at radius 1 is 0.426 bits per heavy atom. The molecule has 10 aromatic rings. The van der Waals surface area contributed by atoms with Crippen LogP contribution in [-0.2, 0) is 0 Å². The van der Waals surface area contributed by atoms with Crippen LogP contribution in [0, 0.1) is 11.3 Å². The highest BCUT2D eigenvalue weighted by atomic mass is 16.3. The molecule has 0 aliphatic heterocycles. The topological polar surface area (TPSA) is 46.8 Å². The standard InChI is InChI=1S/C43H25N3O/c44-26-28-23-27(29-11-1-6-16-37(29)46-38-17-7-2-12-30(38)31-13-3-8-18-39(31)46)21-22-36(28)45-40-19-9-4-14-32(40)34-24-35-33-15-5-10-20-42(33)47-43(35)25-41(34)45/h1-25H. The summed E-state index contributed by atoms with van der Waals surface area (Å²) in [5.74, 6) is 0. The molecule has 0 saturated carbocycles. The van der Waals surface area contributed by atoms with Crippen molar-refractivity contribution in [2.75, 3.05) is 0 Å². The van der Waals surface area contributed by atoms with Gasteiger partial charge in [0, 0.05) is 43.9 Å². The van der Waals surface area contributed by atoms with Crippen molar-refractivity contribution in [1.82, 2.24) is 9.13 Å². The molecule has 3 heterocycles. The minimum atomic E-state index is 0.604. The van der Waals surface area contributed by atoms with Gasteiger partial charge in [0.05, 0.1) is 39.0 Å². The number of benzene rings is 7. The molecule has 0 bridgehead atoms. The second-order valence-corrected chi connectivity index (χ2v) is 12.0. The fourth-order valence-electron chi connectivity index (χ4n) is 7.53. The Morgan fingerprint density at radius 3 is 1.70 bits per heavy atom. The number of nitrogens with zero attached hydrogens (tertiary/aromatic N) is 3. The van der Waals surface area contributed by atoms with E-state index in [-0.39, 0.29) is 0 Å². The Hall–Kier alpha value is -6.57. The zero-order valence-corrected chi connectivity index (χ0v) is 25.2. The van der Waals surface area contributed by atoms with Crippen molar-refractivity contribution in [3.63, 3.8) is 0 Å². The van der Waals surface area contributed by atoms with E-state index in [0.29, 0.717) is 5.56 Å². The molecule has 218 valence electrons. The predicted molar refractivity (Wildman–Crippen MR) is 193 cm³/mol. The lowest BCUT2D eigenvalue weighted by atomic mass is 10.00. The summed E-state index contributed by atoms with van der Waals surface area (Å²) in [5, 5.41) is 17.5. The number of nitriles is 1. The maximum atomic E-state index is 10.6. The summed E-state index contributed by atoms with van der Waals surface area (Å²) in [4.78, 5) is 0. The van der Waals surface area contributed by atoms with Crippen molar-refractivity contribution >= 4 is 65.6 Å². The van der Waals surface area contributed by atoms with E-state index in [1.165, 1.54) is 10.8 Å². The van der Waals surface area contributed by atoms with Crippen molar-refractivity contribution in [2.24, 2.45) is 0 Å². The van der Waals surface area contributed by atoms with Crippen LogP contribution in [0.25, 0.3) is 88.1 Å². The number of aromatic nitrogens is 2. The lowest BCUT2D eigenvalue weighted by molar-refractivity contribution is 0.669. The van der Waals surface area contributed by atoms with E-state index in [1.54, 1.807) is 0 Å². The molecule has 0 spiro atoms. The molecule has 4 nitrogen and oxygen atoms in total. The Kier molecular flexibility index (Phi) is 5.32. The molecule has 3 aromatic heterocycles. The normalized spacial score (nSPS) is 11.8. The zero-order chi connectivity index (χ0) is 31.1. The van der Waals surface area contributed by atoms with Crippen LogP contribution in [0.15, 0.2) is 156 Å². The van der Waals surface area contributed by atoms with Gasteiger partial charge in [-0.05, 0) is 54.1 Å². The molecule has 0 fully saturated rings. The quantitative estimate of drug-likeness (QED) is 0.203. The van der Waals surface area contributed by atoms with Crippen molar-refractivity contribution in [2.45, 2.75) is 0 Å². The smallest absolute Gasteiger partial charge is 0.137 e. The third-order valence-corrected chi connectivity index (χ3v) is 9.57. The van der Waals surface area contributed by atoms with Crippen LogP contribution >= 0.6 is 0 Å². The summed E-state index contributed by atoms with van der Waals surface area (Å²) >= 11 is 0. The van der Waals surface area contributed by atoms with E-state index in [1.807, 2.05) is 24.3 Å². The van der Waals surface area contributed by atoms with E-state index in [0.717, 1.165) is 77.3 Å². The Labute approximate surface area is 269 Å². The van der Waals surface area contributed by atoms with Gasteiger partial charge in [0.25, 0.3) is 0 Å². The monoisotopic (exact) mass is 599 g/mol. The van der Waals surface area contributed by atoms with Gasteiger partial charge in [-0.1, -0.05) is 97.1 Å². The van der Waals surface area contributed by atoms with Crippen LogP contribution in [0.3, 0.4) is 0 Å². The number of para-hydroxylation sites is 5. The molecule has 0 unspecified atom stereocenters. The Balaban J connectivity index is 1.21. The van der Waals surface area contributed by atoms with Gasteiger partial charge in [0.2, 0.25) is 0 Å². The molecule has 4 heteroatoms. The fraction of sp³-hybridized carbons (Fsp3) is 0. The van der Waals surface area contributed by atoms with Crippen molar-refractivity contribution < 1.29 is 4.42 Å². The number of furan rings is 1. The molecule has 0 radical (unpaired) electrons. The Bertz CT molecular complexity index is 2880. The molecule has 0 amide bonds. The lowest BCUT2D eigenvalue weighted by Crippen LogP contribution is -2.00. The van der Waals surface area contributed by atoms with Gasteiger partial charge in [0.15, 0.2) is 0 Å². The van der Waals surface area contributed by atoms with Gasteiger partial charge >= 0.3 is 0 Å². The number of hydrogen-bond donors (Lipinski definition) is 0. The van der Waals surface area contributed by atoms with Gasteiger partial charge in [-0.3, -0.25) is 0 Å². The van der Waals surface area contributed by atoms with Crippen LogP contribution in [0.2, 0.25) is 0 Å². The van der Waals surface area contributed by atoms with Crippen molar-refractivity contribution in [1.29, 1.82) is 5.26 Å². The molecular formula is C43H25N3O. The van der Waals surface area contributed by atoms with Gasteiger partial charge < -0.3 is 13.6 Å². The van der Waals surface area contributed by atoms with Crippen LogP contribution in [-0.4, -0.2) is 9.13 Å². The van der Waals surface area contributed by atoms with Gasteiger partial charge in [-0.15, -0.1) is 0 Å². The number of rotatable bonds is 3. The van der Waals surface area contributed by atoms with Gasteiger partial charge in [-0.2, -0.15) is 5.26 Å². The van der Waals surface area contributed by atoms with Crippen molar-refractivity contribution in [3.05, 3.63) is 157 Å². The second kappa shape index (κ2) is 9.71. The van der Waals surface area contributed by atoms with Crippen LogP contribution in [0.4, 0.5) is 0 Å². The molecule has 0 saturated heterocycles. The highest BCUT2D eigenvalue weighted by Crippen LogP contribution is 2.40. The molecule has 7 aromatic carbocycles. The van der Waals surface area contributed by atoms with E-state index < -0.39 is 0 Å². The number of fused-ring (bicyclic) bond motifs is 9. The molecule has 47 heavy (non-hydrogen) atoms. The number of hydrogen-bond acceptors (Lipinski definition) is 2. The van der Waals surface area contributed by atoms with Gasteiger partial charge in [-0.25, -0.2) is 0 Å². The summed E-state index contributed by atoms with van der Waals surface area (Å²) in [7, 11) is 0. The summed E-state index contributed by atoms with van der Waals surface area (Å²) in [6.07, 6.45) is 0. The molecule has 0 N–H and O–H groups in total. The van der Waals surface area contributed by atoms with E-state index in [4.69, 9.17) is 4.42 Å². The Morgan fingerprint density at radius 2 is 1.00 bits per heavy atom. The second-order valence-electron chi connectivity index (χ2n) is 12.0. The largest absolute Gasteiger partial charge is 0.456 e. The average molecular weight is 600 g/mol. The predicted octanol–water partition coefficient (Wildman–Crippen LogP) is 11.3. The summed E-state index contributed by atoms with van der Waals surface area (Å²) < 4.78 is 10.9. The SMILES string of the molecule is N#Cc1cc(-c2ccccc2-n2c3ccccc3c3ccccc32)ccc1-n1c2ccccc2c2cc3c(cc21)oc1ccccc13. The maximum Gasteiger partial charge on any atom is 0.137 e. The summed E-state index contributed by atoms with van der Waals surface area (Å²) in [6.45, 7) is 0. The highest BCUT2D eigenvalue weighted by Gasteiger charge is 2.20. The molecule has 0 aliphatic rings. The molecule has 0 atom stereocenters. The first-order valence-corrected chi connectivity index (χ1v) is 15.8. The third-order valence-electron chi connectivity index (χ3n) is 9.57. The minimum Gasteiger partial charge on any atom is -0.456 e. The van der Waals surface area contributed by atoms with Gasteiger partial charge in [0.1, 0.15) is 17.2 Å². The van der Waals surface area contributed by atoms with E-state index in [2.05, 4.69) is 143 Å². The van der Waals surface area contributed by atoms with E-state index in [9.17, 15) is 5.26 Å². The van der Waals surface area contributed by atoms with Crippen molar-refractivity contribution in [3.8, 4) is 28.6 Å².